The highest BCUT2D eigenvalue weighted by Crippen LogP contribution is 2.17. The Balaban J connectivity index is 2.11. The summed E-state index contributed by atoms with van der Waals surface area (Å²) in [5.41, 5.74) is 9.00. The van der Waals surface area contributed by atoms with Gasteiger partial charge in [-0.3, -0.25) is 0 Å². The predicted octanol–water partition coefficient (Wildman–Crippen LogP) is 3.11. The number of rotatable bonds is 6. The van der Waals surface area contributed by atoms with E-state index in [1.54, 1.807) is 0 Å². The minimum absolute atomic E-state index is 0.151. The van der Waals surface area contributed by atoms with Crippen LogP contribution < -0.4 is 11.1 Å². The standard InChI is InChI=1S/C16H24N4/c1-4-12(5-2)13(17)10-18-16-11(3)19-14-8-6-7-9-15(14)20-16/h6-9,12-13H,4-5,10,17H2,1-3H3,(H,18,20). The lowest BCUT2D eigenvalue weighted by Crippen LogP contribution is -2.36. The van der Waals surface area contributed by atoms with E-state index < -0.39 is 0 Å². The topological polar surface area (TPSA) is 63.8 Å². The molecule has 0 saturated carbocycles. The van der Waals surface area contributed by atoms with Crippen molar-refractivity contribution in [2.24, 2.45) is 11.7 Å². The molecule has 3 N–H and O–H groups in total. The van der Waals surface area contributed by atoms with Crippen LogP contribution in [0.2, 0.25) is 0 Å². The van der Waals surface area contributed by atoms with Gasteiger partial charge in [-0.25, -0.2) is 9.97 Å². The van der Waals surface area contributed by atoms with Gasteiger partial charge in [0.25, 0.3) is 0 Å². The van der Waals surface area contributed by atoms with Crippen molar-refractivity contribution >= 4 is 16.9 Å². The zero-order valence-electron chi connectivity index (χ0n) is 12.6. The Kier molecular flexibility index (Phi) is 4.90. The Morgan fingerprint density at radius 1 is 1.10 bits per heavy atom. The third-order valence-electron chi connectivity index (χ3n) is 3.90. The number of para-hydroxylation sites is 2. The van der Waals surface area contributed by atoms with E-state index in [4.69, 9.17) is 5.73 Å². The second-order valence-electron chi connectivity index (χ2n) is 5.27. The molecule has 0 bridgehead atoms. The number of fused-ring (bicyclic) bond motifs is 1. The Morgan fingerprint density at radius 3 is 2.30 bits per heavy atom. The van der Waals surface area contributed by atoms with E-state index in [0.29, 0.717) is 5.92 Å². The van der Waals surface area contributed by atoms with Gasteiger partial charge >= 0.3 is 0 Å². The summed E-state index contributed by atoms with van der Waals surface area (Å²) < 4.78 is 0. The van der Waals surface area contributed by atoms with Crippen molar-refractivity contribution in [1.29, 1.82) is 0 Å². The van der Waals surface area contributed by atoms with Gasteiger partial charge in [-0.1, -0.05) is 38.8 Å². The number of benzene rings is 1. The largest absolute Gasteiger partial charge is 0.367 e. The van der Waals surface area contributed by atoms with Crippen molar-refractivity contribution in [3.8, 4) is 0 Å². The first kappa shape index (κ1) is 14.7. The van der Waals surface area contributed by atoms with Gasteiger partial charge in [0.05, 0.1) is 16.7 Å². The minimum Gasteiger partial charge on any atom is -0.367 e. The van der Waals surface area contributed by atoms with Gasteiger partial charge < -0.3 is 11.1 Å². The minimum atomic E-state index is 0.151. The van der Waals surface area contributed by atoms with E-state index >= 15 is 0 Å². The molecule has 2 aromatic rings. The lowest BCUT2D eigenvalue weighted by Gasteiger charge is -2.22. The maximum atomic E-state index is 6.24. The van der Waals surface area contributed by atoms with Gasteiger partial charge in [-0.2, -0.15) is 0 Å². The molecule has 0 amide bonds. The Hall–Kier alpha value is -1.68. The SMILES string of the molecule is CCC(CC)C(N)CNc1nc2ccccc2nc1C. The second-order valence-corrected chi connectivity index (χ2v) is 5.27. The molecular weight excluding hydrogens is 248 g/mol. The van der Waals surface area contributed by atoms with Crippen LogP contribution in [-0.4, -0.2) is 22.6 Å². The molecule has 0 radical (unpaired) electrons. The van der Waals surface area contributed by atoms with Gasteiger partial charge in [0.1, 0.15) is 5.82 Å². The van der Waals surface area contributed by atoms with Crippen molar-refractivity contribution in [2.75, 3.05) is 11.9 Å². The summed E-state index contributed by atoms with van der Waals surface area (Å²) in [6.07, 6.45) is 2.23. The molecule has 1 aromatic carbocycles. The van der Waals surface area contributed by atoms with Crippen molar-refractivity contribution in [1.82, 2.24) is 9.97 Å². The summed E-state index contributed by atoms with van der Waals surface area (Å²) >= 11 is 0. The molecule has 1 unspecified atom stereocenters. The third kappa shape index (κ3) is 3.25. The molecule has 4 heteroatoms. The highest BCUT2D eigenvalue weighted by Gasteiger charge is 2.14. The van der Waals surface area contributed by atoms with E-state index in [0.717, 1.165) is 41.9 Å². The molecule has 0 saturated heterocycles. The third-order valence-corrected chi connectivity index (χ3v) is 3.90. The van der Waals surface area contributed by atoms with Crippen molar-refractivity contribution < 1.29 is 0 Å². The van der Waals surface area contributed by atoms with E-state index in [1.807, 2.05) is 31.2 Å². The lowest BCUT2D eigenvalue weighted by atomic mass is 9.95. The summed E-state index contributed by atoms with van der Waals surface area (Å²) in [6.45, 7) is 7.09. The number of hydrogen-bond donors (Lipinski definition) is 2. The fourth-order valence-corrected chi connectivity index (χ4v) is 2.53. The maximum Gasteiger partial charge on any atom is 0.148 e. The van der Waals surface area contributed by atoms with Crippen LogP contribution in [0.5, 0.6) is 0 Å². The molecule has 0 aliphatic heterocycles. The zero-order valence-corrected chi connectivity index (χ0v) is 12.6. The Morgan fingerprint density at radius 2 is 1.70 bits per heavy atom. The fraction of sp³-hybridized carbons (Fsp3) is 0.500. The van der Waals surface area contributed by atoms with Gasteiger partial charge in [0.15, 0.2) is 0 Å². The molecule has 1 atom stereocenters. The fourth-order valence-electron chi connectivity index (χ4n) is 2.53. The van der Waals surface area contributed by atoms with Crippen molar-refractivity contribution in [3.05, 3.63) is 30.0 Å². The van der Waals surface area contributed by atoms with E-state index in [1.165, 1.54) is 0 Å². The first-order chi connectivity index (χ1) is 9.65. The smallest absolute Gasteiger partial charge is 0.148 e. The average Bonchev–Trinajstić information content (AvgIpc) is 2.46. The van der Waals surface area contributed by atoms with E-state index in [2.05, 4.69) is 29.1 Å². The van der Waals surface area contributed by atoms with Crippen molar-refractivity contribution in [2.45, 2.75) is 39.7 Å². The number of nitrogens with zero attached hydrogens (tertiary/aromatic N) is 2. The summed E-state index contributed by atoms with van der Waals surface area (Å²) in [4.78, 5) is 9.20. The van der Waals surface area contributed by atoms with Crippen molar-refractivity contribution in [3.63, 3.8) is 0 Å². The van der Waals surface area contributed by atoms with E-state index in [9.17, 15) is 0 Å². The number of anilines is 1. The van der Waals surface area contributed by atoms with Crippen LogP contribution in [0.25, 0.3) is 11.0 Å². The highest BCUT2D eigenvalue weighted by atomic mass is 15.0. The molecule has 0 aliphatic carbocycles. The molecule has 0 fully saturated rings. The molecule has 1 heterocycles. The molecule has 4 nitrogen and oxygen atoms in total. The molecule has 20 heavy (non-hydrogen) atoms. The summed E-state index contributed by atoms with van der Waals surface area (Å²) in [5, 5.41) is 3.36. The number of aromatic nitrogens is 2. The first-order valence-electron chi connectivity index (χ1n) is 7.38. The summed E-state index contributed by atoms with van der Waals surface area (Å²) in [5.74, 6) is 1.39. The number of aryl methyl sites for hydroxylation is 1. The molecule has 2 rings (SSSR count). The molecular formula is C16H24N4. The Labute approximate surface area is 120 Å². The van der Waals surface area contributed by atoms with Crippen LogP contribution in [0, 0.1) is 12.8 Å². The molecule has 1 aromatic heterocycles. The highest BCUT2D eigenvalue weighted by molar-refractivity contribution is 5.76. The molecule has 0 spiro atoms. The van der Waals surface area contributed by atoms with Crippen LogP contribution in [-0.2, 0) is 0 Å². The number of nitrogens with one attached hydrogen (secondary N) is 1. The molecule has 108 valence electrons. The van der Waals surface area contributed by atoms with Gasteiger partial charge in [0.2, 0.25) is 0 Å². The summed E-state index contributed by atoms with van der Waals surface area (Å²) in [7, 11) is 0. The predicted molar refractivity (Wildman–Crippen MR) is 84.8 cm³/mol. The first-order valence-corrected chi connectivity index (χ1v) is 7.38. The molecule has 0 aliphatic rings. The summed E-state index contributed by atoms with van der Waals surface area (Å²) in [6, 6.07) is 8.07. The maximum absolute atomic E-state index is 6.24. The monoisotopic (exact) mass is 272 g/mol. The quantitative estimate of drug-likeness (QED) is 0.848. The van der Waals surface area contributed by atoms with Gasteiger partial charge in [-0.15, -0.1) is 0 Å². The van der Waals surface area contributed by atoms with Gasteiger partial charge in [0, 0.05) is 12.6 Å². The number of hydrogen-bond acceptors (Lipinski definition) is 4. The van der Waals surface area contributed by atoms with Crippen LogP contribution in [0.4, 0.5) is 5.82 Å². The Bertz CT molecular complexity index is 563. The van der Waals surface area contributed by atoms with Crippen LogP contribution in [0.1, 0.15) is 32.4 Å². The second kappa shape index (κ2) is 6.66. The van der Waals surface area contributed by atoms with Crippen LogP contribution in [0.15, 0.2) is 24.3 Å². The van der Waals surface area contributed by atoms with E-state index in [-0.39, 0.29) is 6.04 Å². The lowest BCUT2D eigenvalue weighted by molar-refractivity contribution is 0.407. The average molecular weight is 272 g/mol. The van der Waals surface area contributed by atoms with Gasteiger partial charge in [-0.05, 0) is 25.0 Å². The van der Waals surface area contributed by atoms with Crippen LogP contribution in [0.3, 0.4) is 0 Å². The normalized spacial score (nSPS) is 12.8. The number of nitrogens with two attached hydrogens (primary N) is 1. The zero-order chi connectivity index (χ0) is 14.5. The van der Waals surface area contributed by atoms with Crippen LogP contribution >= 0.6 is 0 Å².